The second-order valence-electron chi connectivity index (χ2n) is 3.79. The number of nitrogens with zero attached hydrogens (tertiary/aromatic N) is 4. The lowest BCUT2D eigenvalue weighted by molar-refractivity contribution is 0.100. The number of amides is 1. The molecular formula is C12H7FN6O. The van der Waals surface area contributed by atoms with Crippen molar-refractivity contribution >= 4 is 11.6 Å². The zero-order valence-electron chi connectivity index (χ0n) is 9.96. The summed E-state index contributed by atoms with van der Waals surface area (Å²) in [6, 6.07) is 5.49. The van der Waals surface area contributed by atoms with E-state index in [9.17, 15) is 9.18 Å². The number of carbonyl (C=O) groups is 1. The second kappa shape index (κ2) is 4.71. The van der Waals surface area contributed by atoms with Crippen LogP contribution in [0.5, 0.6) is 0 Å². The average Bonchev–Trinajstić information content (AvgIpc) is 2.80. The molecule has 0 aliphatic carbocycles. The molecule has 20 heavy (non-hydrogen) atoms. The van der Waals surface area contributed by atoms with Gasteiger partial charge in [-0.05, 0) is 12.1 Å². The van der Waals surface area contributed by atoms with E-state index in [0.29, 0.717) is 0 Å². The summed E-state index contributed by atoms with van der Waals surface area (Å²) < 4.78 is 15.0. The molecule has 1 heterocycles. The van der Waals surface area contributed by atoms with Gasteiger partial charge < -0.3 is 11.5 Å². The smallest absolute Gasteiger partial charge is 0.250 e. The Labute approximate surface area is 112 Å². The Balaban J connectivity index is 2.75. The second-order valence-corrected chi connectivity index (χ2v) is 3.79. The molecule has 2 rings (SSSR count). The zero-order valence-corrected chi connectivity index (χ0v) is 9.96. The first-order valence-corrected chi connectivity index (χ1v) is 5.26. The average molecular weight is 270 g/mol. The van der Waals surface area contributed by atoms with E-state index in [1.165, 1.54) is 0 Å². The lowest BCUT2D eigenvalue weighted by Gasteiger charge is -2.09. The first kappa shape index (κ1) is 13.1. The van der Waals surface area contributed by atoms with E-state index in [1.54, 1.807) is 12.1 Å². The third-order valence-corrected chi connectivity index (χ3v) is 2.62. The predicted octanol–water partition coefficient (Wildman–Crippen LogP) is 0.436. The normalized spacial score (nSPS) is 9.75. The number of carbonyl (C=O) groups excluding carboxylic acids is 1. The lowest BCUT2D eigenvalue weighted by Crippen LogP contribution is -2.15. The number of imidazole rings is 1. The van der Waals surface area contributed by atoms with Crippen molar-refractivity contribution in [1.82, 2.24) is 9.55 Å². The number of aromatic nitrogens is 2. The lowest BCUT2D eigenvalue weighted by atomic mass is 10.1. The van der Waals surface area contributed by atoms with E-state index >= 15 is 0 Å². The molecule has 98 valence electrons. The zero-order chi connectivity index (χ0) is 14.9. The van der Waals surface area contributed by atoms with Gasteiger partial charge in [0.15, 0.2) is 11.4 Å². The van der Waals surface area contributed by atoms with Gasteiger partial charge in [0.05, 0.1) is 11.3 Å². The van der Waals surface area contributed by atoms with Gasteiger partial charge in [-0.1, -0.05) is 0 Å². The van der Waals surface area contributed by atoms with Crippen molar-refractivity contribution in [1.29, 1.82) is 10.5 Å². The largest absolute Gasteiger partial charge is 0.398 e. The van der Waals surface area contributed by atoms with Gasteiger partial charge in [0.1, 0.15) is 24.3 Å². The molecule has 0 aliphatic rings. The SMILES string of the molecule is N#Cc1ncn(-c2cc(C(N)=O)c(N)cc2F)c1C#N. The molecule has 0 atom stereocenters. The van der Waals surface area contributed by atoms with E-state index in [-0.39, 0.29) is 28.3 Å². The summed E-state index contributed by atoms with van der Waals surface area (Å²) in [5, 5.41) is 17.8. The van der Waals surface area contributed by atoms with E-state index in [4.69, 9.17) is 22.0 Å². The standard InChI is InChI=1S/C12H7FN6O/c13-7-2-8(16)6(12(17)20)1-10(7)19-5-18-9(3-14)11(19)4-15/h1-2,5H,16H2,(H2,17,20). The number of hydrogen-bond acceptors (Lipinski definition) is 5. The highest BCUT2D eigenvalue weighted by Gasteiger charge is 2.18. The highest BCUT2D eigenvalue weighted by Crippen LogP contribution is 2.23. The van der Waals surface area contributed by atoms with E-state index in [0.717, 1.165) is 23.0 Å². The molecule has 0 saturated heterocycles. The monoisotopic (exact) mass is 270 g/mol. The van der Waals surface area contributed by atoms with Crippen LogP contribution in [0.3, 0.4) is 0 Å². The maximum Gasteiger partial charge on any atom is 0.250 e. The number of anilines is 1. The van der Waals surface area contributed by atoms with E-state index in [1.807, 2.05) is 0 Å². The minimum absolute atomic E-state index is 0.0857. The summed E-state index contributed by atoms with van der Waals surface area (Å²) in [6.07, 6.45) is 1.11. The van der Waals surface area contributed by atoms with Crippen molar-refractivity contribution in [3.05, 3.63) is 41.2 Å². The predicted molar refractivity (Wildman–Crippen MR) is 65.9 cm³/mol. The molecule has 4 N–H and O–H groups in total. The molecule has 8 heteroatoms. The number of rotatable bonds is 2. The summed E-state index contributed by atoms with van der Waals surface area (Å²) in [5.41, 5.74) is 9.98. The van der Waals surface area contributed by atoms with Gasteiger partial charge in [0.2, 0.25) is 0 Å². The highest BCUT2D eigenvalue weighted by atomic mass is 19.1. The van der Waals surface area contributed by atoms with Gasteiger partial charge in [-0.25, -0.2) is 9.37 Å². The van der Waals surface area contributed by atoms with Crippen LogP contribution in [0.15, 0.2) is 18.5 Å². The maximum atomic E-state index is 13.9. The first-order chi connectivity index (χ1) is 9.49. The van der Waals surface area contributed by atoms with Crippen LogP contribution in [0, 0.1) is 28.5 Å². The Morgan fingerprint density at radius 2 is 2.05 bits per heavy atom. The van der Waals surface area contributed by atoms with Crippen LogP contribution < -0.4 is 11.5 Å². The molecule has 0 unspecified atom stereocenters. The Kier molecular flexibility index (Phi) is 3.07. The quantitative estimate of drug-likeness (QED) is 0.763. The molecule has 7 nitrogen and oxygen atoms in total. The van der Waals surface area contributed by atoms with Crippen LogP contribution in [0.4, 0.5) is 10.1 Å². The van der Waals surface area contributed by atoms with Crippen molar-refractivity contribution in [2.45, 2.75) is 0 Å². The number of primary amides is 1. The van der Waals surface area contributed by atoms with Gasteiger partial charge in [-0.2, -0.15) is 10.5 Å². The summed E-state index contributed by atoms with van der Waals surface area (Å²) in [6.45, 7) is 0. The number of nitrogens with two attached hydrogens (primary N) is 2. The Morgan fingerprint density at radius 3 is 2.60 bits per heavy atom. The van der Waals surface area contributed by atoms with Gasteiger partial charge in [-0.3, -0.25) is 9.36 Å². The highest BCUT2D eigenvalue weighted by molar-refractivity contribution is 5.98. The van der Waals surface area contributed by atoms with Crippen LogP contribution in [0.25, 0.3) is 5.69 Å². The maximum absolute atomic E-state index is 13.9. The minimum Gasteiger partial charge on any atom is -0.398 e. The first-order valence-electron chi connectivity index (χ1n) is 5.26. The fourth-order valence-corrected chi connectivity index (χ4v) is 1.69. The van der Waals surface area contributed by atoms with E-state index < -0.39 is 11.7 Å². The molecule has 0 radical (unpaired) electrons. The van der Waals surface area contributed by atoms with Crippen molar-refractivity contribution in [2.24, 2.45) is 5.73 Å². The fraction of sp³-hybridized carbons (Fsp3) is 0. The molecular weight excluding hydrogens is 263 g/mol. The Bertz CT molecular complexity index is 795. The van der Waals surface area contributed by atoms with Crippen molar-refractivity contribution in [2.75, 3.05) is 5.73 Å². The van der Waals surface area contributed by atoms with Crippen molar-refractivity contribution < 1.29 is 9.18 Å². The van der Waals surface area contributed by atoms with Gasteiger partial charge in [-0.15, -0.1) is 0 Å². The van der Waals surface area contributed by atoms with Crippen LogP contribution in [-0.4, -0.2) is 15.5 Å². The molecule has 0 saturated carbocycles. The molecule has 2 aromatic rings. The number of halogens is 1. The number of hydrogen-bond donors (Lipinski definition) is 2. The van der Waals surface area contributed by atoms with Gasteiger partial charge in [0, 0.05) is 5.69 Å². The summed E-state index contributed by atoms with van der Waals surface area (Å²) in [7, 11) is 0. The summed E-state index contributed by atoms with van der Waals surface area (Å²) in [4.78, 5) is 14.9. The van der Waals surface area contributed by atoms with Crippen LogP contribution in [-0.2, 0) is 0 Å². The van der Waals surface area contributed by atoms with Gasteiger partial charge >= 0.3 is 0 Å². The van der Waals surface area contributed by atoms with Crippen LogP contribution in [0.2, 0.25) is 0 Å². The Hall–Kier alpha value is -3.39. The molecule has 0 aliphatic heterocycles. The van der Waals surface area contributed by atoms with Gasteiger partial charge in [0.25, 0.3) is 5.91 Å². The molecule has 0 spiro atoms. The fourth-order valence-electron chi connectivity index (χ4n) is 1.69. The molecule has 1 aromatic carbocycles. The van der Waals surface area contributed by atoms with Crippen molar-refractivity contribution in [3.63, 3.8) is 0 Å². The molecule has 0 fully saturated rings. The minimum atomic E-state index is -0.831. The molecule has 0 bridgehead atoms. The number of nitriles is 2. The third-order valence-electron chi connectivity index (χ3n) is 2.62. The van der Waals surface area contributed by atoms with Crippen molar-refractivity contribution in [3.8, 4) is 17.8 Å². The summed E-state index contributed by atoms with van der Waals surface area (Å²) in [5.74, 6) is -1.60. The number of benzene rings is 1. The molecule has 1 amide bonds. The summed E-state index contributed by atoms with van der Waals surface area (Å²) >= 11 is 0. The topological polar surface area (TPSA) is 135 Å². The van der Waals surface area contributed by atoms with E-state index in [2.05, 4.69) is 4.98 Å². The van der Waals surface area contributed by atoms with Crippen LogP contribution >= 0.6 is 0 Å². The Morgan fingerprint density at radius 1 is 1.35 bits per heavy atom. The third kappa shape index (κ3) is 1.91. The number of nitrogen functional groups attached to an aromatic ring is 1. The van der Waals surface area contributed by atoms with Crippen LogP contribution in [0.1, 0.15) is 21.7 Å². The molecule has 1 aromatic heterocycles.